The number of benzene rings is 2. The van der Waals surface area contributed by atoms with Gasteiger partial charge < -0.3 is 14.8 Å². The van der Waals surface area contributed by atoms with Gasteiger partial charge in [-0.2, -0.15) is 4.31 Å². The molecule has 30 heavy (non-hydrogen) atoms. The minimum absolute atomic E-state index is 0.158. The number of sulfonamides is 1. The Morgan fingerprint density at radius 1 is 1.23 bits per heavy atom. The third kappa shape index (κ3) is 5.53. The second-order valence-corrected chi connectivity index (χ2v) is 9.87. The van der Waals surface area contributed by atoms with Crippen LogP contribution in [0.2, 0.25) is 5.02 Å². The maximum Gasteiger partial charge on any atom is 0.243 e. The van der Waals surface area contributed by atoms with Crippen LogP contribution in [-0.4, -0.2) is 52.0 Å². The Morgan fingerprint density at radius 3 is 2.63 bits per heavy atom. The molecule has 1 fully saturated rings. The summed E-state index contributed by atoms with van der Waals surface area (Å²) in [7, 11) is -2.11. The maximum absolute atomic E-state index is 12.9. The monoisotopic (exact) mass is 516 g/mol. The molecule has 10 heteroatoms. The van der Waals surface area contributed by atoms with E-state index in [1.165, 1.54) is 17.5 Å². The quantitative estimate of drug-likeness (QED) is 0.605. The van der Waals surface area contributed by atoms with Crippen molar-refractivity contribution in [3.05, 3.63) is 51.5 Å². The van der Waals surface area contributed by atoms with E-state index >= 15 is 0 Å². The molecule has 0 spiro atoms. The van der Waals surface area contributed by atoms with Gasteiger partial charge in [-0.05, 0) is 64.3 Å². The maximum atomic E-state index is 12.9. The van der Waals surface area contributed by atoms with Crippen LogP contribution >= 0.6 is 27.5 Å². The van der Waals surface area contributed by atoms with Gasteiger partial charge in [-0.15, -0.1) is 0 Å². The summed E-state index contributed by atoms with van der Waals surface area (Å²) in [6, 6.07) is 9.87. The van der Waals surface area contributed by atoms with E-state index in [1.807, 2.05) is 0 Å². The number of carbonyl (C=O) groups excluding carboxylic acids is 1. The highest BCUT2D eigenvalue weighted by molar-refractivity contribution is 9.10. The van der Waals surface area contributed by atoms with E-state index < -0.39 is 10.0 Å². The Bertz CT molecular complexity index is 1030. The first kappa shape index (κ1) is 23.0. The van der Waals surface area contributed by atoms with Crippen molar-refractivity contribution in [1.82, 2.24) is 4.31 Å². The summed E-state index contributed by atoms with van der Waals surface area (Å²) in [6.45, 7) is 1.40. The summed E-state index contributed by atoms with van der Waals surface area (Å²) in [4.78, 5) is 12.5. The molecule has 0 atom stereocenters. The van der Waals surface area contributed by atoms with Gasteiger partial charge in [0.15, 0.2) is 0 Å². The molecule has 0 unspecified atom stereocenters. The number of hydrogen-bond donors (Lipinski definition) is 1. The number of aryl methyl sites for hydroxylation is 1. The van der Waals surface area contributed by atoms with Crippen LogP contribution in [0.25, 0.3) is 0 Å². The number of rotatable bonds is 7. The smallest absolute Gasteiger partial charge is 0.243 e. The van der Waals surface area contributed by atoms with Crippen molar-refractivity contribution in [1.29, 1.82) is 0 Å². The van der Waals surface area contributed by atoms with Gasteiger partial charge in [0.25, 0.3) is 0 Å². The number of methoxy groups -OCH3 is 1. The van der Waals surface area contributed by atoms with E-state index in [9.17, 15) is 13.2 Å². The summed E-state index contributed by atoms with van der Waals surface area (Å²) in [6.07, 6.45) is 0.483. The average Bonchev–Trinajstić information content (AvgIpc) is 2.75. The molecule has 0 aliphatic carbocycles. The van der Waals surface area contributed by atoms with Crippen molar-refractivity contribution in [3.63, 3.8) is 0 Å². The molecule has 1 heterocycles. The highest BCUT2D eigenvalue weighted by Crippen LogP contribution is 2.27. The fourth-order valence-electron chi connectivity index (χ4n) is 3.09. The molecule has 0 bridgehead atoms. The third-order valence-corrected chi connectivity index (χ3v) is 7.81. The SMILES string of the molecule is COc1ccc(S(=O)(=O)N2CCOCC2)cc1CCC(=O)Nc1ccc(Br)c(Cl)c1. The Hall–Kier alpha value is -1.65. The molecule has 0 aromatic heterocycles. The predicted octanol–water partition coefficient (Wildman–Crippen LogP) is 3.70. The highest BCUT2D eigenvalue weighted by atomic mass is 79.9. The lowest BCUT2D eigenvalue weighted by Gasteiger charge is -2.26. The summed E-state index contributed by atoms with van der Waals surface area (Å²) < 4.78 is 38.6. The molecule has 1 aliphatic heterocycles. The van der Waals surface area contributed by atoms with Crippen LogP contribution in [-0.2, 0) is 26.0 Å². The molecule has 2 aromatic carbocycles. The zero-order valence-corrected chi connectivity index (χ0v) is 19.5. The van der Waals surface area contributed by atoms with E-state index in [4.69, 9.17) is 21.1 Å². The van der Waals surface area contributed by atoms with Crippen LogP contribution in [0.15, 0.2) is 45.8 Å². The van der Waals surface area contributed by atoms with Crippen LogP contribution < -0.4 is 10.1 Å². The van der Waals surface area contributed by atoms with Crippen LogP contribution in [0.1, 0.15) is 12.0 Å². The van der Waals surface area contributed by atoms with E-state index in [0.29, 0.717) is 54.7 Å². The minimum atomic E-state index is -3.63. The summed E-state index contributed by atoms with van der Waals surface area (Å²) in [5.74, 6) is 0.326. The van der Waals surface area contributed by atoms with E-state index in [1.54, 1.807) is 30.3 Å². The van der Waals surface area contributed by atoms with Gasteiger partial charge in [0, 0.05) is 29.7 Å². The Labute approximate surface area is 189 Å². The molecule has 7 nitrogen and oxygen atoms in total. The molecule has 2 aromatic rings. The van der Waals surface area contributed by atoms with E-state index in [0.717, 1.165) is 4.47 Å². The number of ether oxygens (including phenoxy) is 2. The number of anilines is 1. The fourth-order valence-corrected chi connectivity index (χ4v) is 4.98. The van der Waals surface area contributed by atoms with E-state index in [-0.39, 0.29) is 17.2 Å². The first-order chi connectivity index (χ1) is 14.3. The van der Waals surface area contributed by atoms with Gasteiger partial charge in [0.1, 0.15) is 5.75 Å². The average molecular weight is 518 g/mol. The minimum Gasteiger partial charge on any atom is -0.496 e. The molecule has 162 valence electrons. The van der Waals surface area contributed by atoms with Crippen molar-refractivity contribution in [2.75, 3.05) is 38.7 Å². The summed E-state index contributed by atoms with van der Waals surface area (Å²) in [5, 5.41) is 3.28. The molecular weight excluding hydrogens is 496 g/mol. The van der Waals surface area contributed by atoms with Gasteiger partial charge in [-0.1, -0.05) is 11.6 Å². The van der Waals surface area contributed by atoms with Crippen LogP contribution in [0.4, 0.5) is 5.69 Å². The molecule has 0 saturated carbocycles. The number of nitrogens with one attached hydrogen (secondary N) is 1. The van der Waals surface area contributed by atoms with Gasteiger partial charge in [-0.3, -0.25) is 4.79 Å². The summed E-state index contributed by atoms with van der Waals surface area (Å²) in [5.41, 5.74) is 1.24. The lowest BCUT2D eigenvalue weighted by Crippen LogP contribution is -2.40. The van der Waals surface area contributed by atoms with Crippen molar-refractivity contribution in [3.8, 4) is 5.75 Å². The summed E-state index contributed by atoms with van der Waals surface area (Å²) >= 11 is 9.36. The number of halogens is 2. The molecule has 1 N–H and O–H groups in total. The van der Waals surface area contributed by atoms with Gasteiger partial charge in [-0.25, -0.2) is 8.42 Å². The zero-order valence-electron chi connectivity index (χ0n) is 16.4. The van der Waals surface area contributed by atoms with Crippen molar-refractivity contribution in [2.45, 2.75) is 17.7 Å². The lowest BCUT2D eigenvalue weighted by atomic mass is 10.1. The van der Waals surface area contributed by atoms with Crippen LogP contribution in [0.3, 0.4) is 0 Å². The fraction of sp³-hybridized carbons (Fsp3) is 0.350. The topological polar surface area (TPSA) is 84.9 Å². The lowest BCUT2D eigenvalue weighted by molar-refractivity contribution is -0.116. The van der Waals surface area contributed by atoms with Crippen LogP contribution in [0.5, 0.6) is 5.75 Å². The first-order valence-corrected chi connectivity index (χ1v) is 11.9. The Kier molecular flexibility index (Phi) is 7.75. The number of hydrogen-bond acceptors (Lipinski definition) is 5. The molecule has 1 aliphatic rings. The van der Waals surface area contributed by atoms with Crippen molar-refractivity contribution < 1.29 is 22.7 Å². The van der Waals surface area contributed by atoms with Gasteiger partial charge in [0.05, 0.1) is 30.2 Å². The number of nitrogens with zero attached hydrogens (tertiary/aromatic N) is 1. The number of amides is 1. The van der Waals surface area contributed by atoms with Gasteiger partial charge >= 0.3 is 0 Å². The van der Waals surface area contributed by atoms with Crippen molar-refractivity contribution in [2.24, 2.45) is 0 Å². The first-order valence-electron chi connectivity index (χ1n) is 9.31. The second-order valence-electron chi connectivity index (χ2n) is 6.67. The molecule has 3 rings (SSSR count). The Balaban J connectivity index is 1.72. The third-order valence-electron chi connectivity index (χ3n) is 4.68. The van der Waals surface area contributed by atoms with Gasteiger partial charge in [0.2, 0.25) is 15.9 Å². The number of morpholine rings is 1. The molecule has 0 radical (unpaired) electrons. The van der Waals surface area contributed by atoms with Crippen LogP contribution in [0, 0.1) is 0 Å². The number of carbonyl (C=O) groups is 1. The largest absolute Gasteiger partial charge is 0.496 e. The zero-order chi connectivity index (χ0) is 21.7. The predicted molar refractivity (Wildman–Crippen MR) is 119 cm³/mol. The van der Waals surface area contributed by atoms with E-state index in [2.05, 4.69) is 21.2 Å². The Morgan fingerprint density at radius 2 is 1.97 bits per heavy atom. The highest BCUT2D eigenvalue weighted by Gasteiger charge is 2.27. The molecule has 1 amide bonds. The normalized spacial score (nSPS) is 15.0. The van der Waals surface area contributed by atoms with Crippen molar-refractivity contribution >= 4 is 49.1 Å². The second kappa shape index (κ2) is 10.1. The molecule has 1 saturated heterocycles. The molecular formula is C20H22BrClN2O5S. The standard InChI is InChI=1S/C20H22BrClN2O5S/c1-28-19-6-4-16(30(26,27)24-8-10-29-11-9-24)12-14(19)2-7-20(25)23-15-3-5-17(21)18(22)13-15/h3-6,12-13H,2,7-11H2,1H3,(H,23,25).